The number of likely N-dealkylation sites (tertiary alicyclic amines) is 1. The van der Waals surface area contributed by atoms with Crippen molar-refractivity contribution in [1.29, 1.82) is 0 Å². The smallest absolute Gasteiger partial charge is 0.338 e. The van der Waals surface area contributed by atoms with Crippen LogP contribution in [0.25, 0.3) is 11.4 Å². The second-order valence-corrected chi connectivity index (χ2v) is 5.78. The van der Waals surface area contributed by atoms with E-state index >= 15 is 0 Å². The van der Waals surface area contributed by atoms with Crippen LogP contribution < -0.4 is 0 Å². The van der Waals surface area contributed by atoms with Crippen LogP contribution in [0.3, 0.4) is 0 Å². The van der Waals surface area contributed by atoms with Gasteiger partial charge in [0.25, 0.3) is 0 Å². The predicted octanol–water partition coefficient (Wildman–Crippen LogP) is 4.13. The number of hydrogen-bond acceptors (Lipinski definition) is 4. The molecule has 0 atom stereocenters. The van der Waals surface area contributed by atoms with Crippen LogP contribution in [-0.4, -0.2) is 28.1 Å². The van der Waals surface area contributed by atoms with Crippen molar-refractivity contribution < 1.29 is 17.7 Å². The van der Waals surface area contributed by atoms with Gasteiger partial charge in [-0.1, -0.05) is 30.1 Å². The highest BCUT2D eigenvalue weighted by Crippen LogP contribution is 2.30. The summed E-state index contributed by atoms with van der Waals surface area (Å²) in [6, 6.07) is 4.78. The molecule has 0 aliphatic carbocycles. The van der Waals surface area contributed by atoms with Crippen molar-refractivity contribution in [2.75, 3.05) is 13.1 Å². The third-order valence-corrected chi connectivity index (χ3v) is 4.00. The number of halogens is 3. The van der Waals surface area contributed by atoms with Gasteiger partial charge in [0.15, 0.2) is 0 Å². The molecule has 124 valence electrons. The minimum Gasteiger partial charge on any atom is -0.338 e. The van der Waals surface area contributed by atoms with E-state index in [4.69, 9.17) is 4.52 Å². The zero-order valence-corrected chi connectivity index (χ0v) is 12.6. The molecule has 0 amide bonds. The van der Waals surface area contributed by atoms with E-state index in [0.717, 1.165) is 25.2 Å². The number of alkyl halides is 3. The van der Waals surface area contributed by atoms with E-state index in [9.17, 15) is 13.2 Å². The molecule has 0 saturated carbocycles. The molecule has 0 radical (unpaired) electrons. The van der Waals surface area contributed by atoms with Crippen LogP contribution in [0.5, 0.6) is 0 Å². The van der Waals surface area contributed by atoms with Gasteiger partial charge in [-0.05, 0) is 38.1 Å². The summed E-state index contributed by atoms with van der Waals surface area (Å²) in [5, 5.41) is 3.87. The Labute approximate surface area is 132 Å². The van der Waals surface area contributed by atoms with E-state index in [0.29, 0.717) is 23.8 Å². The highest BCUT2D eigenvalue weighted by molar-refractivity contribution is 5.54. The maximum Gasteiger partial charge on any atom is 0.416 e. The van der Waals surface area contributed by atoms with Crippen molar-refractivity contribution >= 4 is 0 Å². The van der Waals surface area contributed by atoms with Gasteiger partial charge >= 0.3 is 6.18 Å². The van der Waals surface area contributed by atoms with E-state index in [1.165, 1.54) is 37.8 Å². The van der Waals surface area contributed by atoms with Crippen molar-refractivity contribution in [3.05, 3.63) is 35.7 Å². The third kappa shape index (κ3) is 4.10. The highest BCUT2D eigenvalue weighted by atomic mass is 19.4. The van der Waals surface area contributed by atoms with Crippen molar-refractivity contribution in [2.24, 2.45) is 0 Å². The summed E-state index contributed by atoms with van der Waals surface area (Å²) >= 11 is 0. The van der Waals surface area contributed by atoms with Gasteiger partial charge in [0.05, 0.1) is 12.1 Å². The van der Waals surface area contributed by atoms with Gasteiger partial charge in [-0.3, -0.25) is 4.90 Å². The Kier molecular flexibility index (Phi) is 4.66. The first kappa shape index (κ1) is 16.0. The lowest BCUT2D eigenvalue weighted by atomic mass is 10.1. The van der Waals surface area contributed by atoms with Crippen LogP contribution in [0, 0.1) is 0 Å². The van der Waals surface area contributed by atoms with E-state index in [1.807, 2.05) is 0 Å². The first-order valence-corrected chi connectivity index (χ1v) is 7.75. The van der Waals surface area contributed by atoms with Gasteiger partial charge in [-0.15, -0.1) is 0 Å². The molecule has 0 unspecified atom stereocenters. The van der Waals surface area contributed by atoms with Crippen molar-refractivity contribution in [3.8, 4) is 11.4 Å². The fourth-order valence-corrected chi connectivity index (χ4v) is 2.73. The molecule has 2 heterocycles. The number of aromatic nitrogens is 2. The van der Waals surface area contributed by atoms with Crippen LogP contribution >= 0.6 is 0 Å². The first-order valence-electron chi connectivity index (χ1n) is 7.75. The summed E-state index contributed by atoms with van der Waals surface area (Å²) in [6.07, 6.45) is 0.488. The van der Waals surface area contributed by atoms with Gasteiger partial charge in [-0.2, -0.15) is 18.2 Å². The summed E-state index contributed by atoms with van der Waals surface area (Å²) < 4.78 is 42.9. The highest BCUT2D eigenvalue weighted by Gasteiger charge is 2.30. The largest absolute Gasteiger partial charge is 0.416 e. The van der Waals surface area contributed by atoms with Crippen LogP contribution in [-0.2, 0) is 12.7 Å². The maximum absolute atomic E-state index is 12.6. The lowest BCUT2D eigenvalue weighted by molar-refractivity contribution is -0.137. The lowest BCUT2D eigenvalue weighted by Gasteiger charge is -2.16. The lowest BCUT2D eigenvalue weighted by Crippen LogP contribution is -2.24. The monoisotopic (exact) mass is 325 g/mol. The molecule has 2 aromatic rings. The van der Waals surface area contributed by atoms with Crippen molar-refractivity contribution in [3.63, 3.8) is 0 Å². The van der Waals surface area contributed by atoms with Gasteiger partial charge in [0.2, 0.25) is 11.7 Å². The zero-order valence-electron chi connectivity index (χ0n) is 12.6. The first-order chi connectivity index (χ1) is 11.0. The molecule has 1 aliphatic heterocycles. The summed E-state index contributed by atoms with van der Waals surface area (Å²) in [5.41, 5.74) is -0.168. The second kappa shape index (κ2) is 6.70. The van der Waals surface area contributed by atoms with Crippen LogP contribution in [0.15, 0.2) is 28.8 Å². The Bertz CT molecular complexity index is 629. The Balaban J connectivity index is 1.68. The van der Waals surface area contributed by atoms with Crippen LogP contribution in [0.1, 0.15) is 37.1 Å². The SMILES string of the molecule is FC(F)(F)c1ccc(-c2noc(CN3CCCCCC3)n2)cc1. The van der Waals surface area contributed by atoms with Gasteiger partial charge in [0.1, 0.15) is 0 Å². The zero-order chi connectivity index (χ0) is 16.3. The summed E-state index contributed by atoms with van der Waals surface area (Å²) in [6.45, 7) is 2.61. The molecule has 1 fully saturated rings. The molecule has 7 heteroatoms. The molecule has 1 aromatic carbocycles. The number of benzene rings is 1. The Morgan fingerprint density at radius 1 is 1.00 bits per heavy atom. The number of hydrogen-bond donors (Lipinski definition) is 0. The minimum atomic E-state index is -4.34. The van der Waals surface area contributed by atoms with E-state index < -0.39 is 11.7 Å². The number of rotatable bonds is 3. The molecule has 0 spiro atoms. The summed E-state index contributed by atoms with van der Waals surface area (Å²) in [7, 11) is 0. The molecule has 4 nitrogen and oxygen atoms in total. The standard InChI is InChI=1S/C16H18F3N3O/c17-16(18,19)13-7-5-12(6-8-13)15-20-14(23-21-15)11-22-9-3-1-2-4-10-22/h5-8H,1-4,9-11H2. The molecule has 1 aromatic heterocycles. The topological polar surface area (TPSA) is 42.2 Å². The van der Waals surface area contributed by atoms with E-state index in [2.05, 4.69) is 15.0 Å². The Hall–Kier alpha value is -1.89. The molecule has 3 rings (SSSR count). The predicted molar refractivity (Wildman–Crippen MR) is 78.5 cm³/mol. The molecule has 23 heavy (non-hydrogen) atoms. The van der Waals surface area contributed by atoms with Crippen molar-refractivity contribution in [1.82, 2.24) is 15.0 Å². The molecule has 1 aliphatic rings. The fraction of sp³-hybridized carbons (Fsp3) is 0.500. The quantitative estimate of drug-likeness (QED) is 0.851. The summed E-state index contributed by atoms with van der Waals surface area (Å²) in [4.78, 5) is 6.57. The van der Waals surface area contributed by atoms with Crippen LogP contribution in [0.2, 0.25) is 0 Å². The summed E-state index contributed by atoms with van der Waals surface area (Å²) in [5.74, 6) is 0.824. The fourth-order valence-electron chi connectivity index (χ4n) is 2.73. The normalized spacial score (nSPS) is 17.2. The molecule has 0 bridgehead atoms. The Morgan fingerprint density at radius 3 is 2.26 bits per heavy atom. The molecule has 0 N–H and O–H groups in total. The Morgan fingerprint density at radius 2 is 1.65 bits per heavy atom. The average Bonchev–Trinajstić information content (AvgIpc) is 2.83. The molecular weight excluding hydrogens is 307 g/mol. The van der Waals surface area contributed by atoms with Gasteiger partial charge in [0, 0.05) is 5.56 Å². The van der Waals surface area contributed by atoms with E-state index in [1.54, 1.807) is 0 Å². The maximum atomic E-state index is 12.6. The molecule has 1 saturated heterocycles. The average molecular weight is 325 g/mol. The third-order valence-electron chi connectivity index (χ3n) is 4.00. The minimum absolute atomic E-state index is 0.323. The van der Waals surface area contributed by atoms with Crippen molar-refractivity contribution in [2.45, 2.75) is 38.4 Å². The van der Waals surface area contributed by atoms with Gasteiger partial charge < -0.3 is 4.52 Å². The molecular formula is C16H18F3N3O. The van der Waals surface area contributed by atoms with Crippen LogP contribution in [0.4, 0.5) is 13.2 Å². The van der Waals surface area contributed by atoms with Gasteiger partial charge in [-0.25, -0.2) is 0 Å². The van der Waals surface area contributed by atoms with E-state index in [-0.39, 0.29) is 0 Å². The number of nitrogens with zero attached hydrogens (tertiary/aromatic N) is 3. The second-order valence-electron chi connectivity index (χ2n) is 5.78.